The molecule has 0 saturated carbocycles. The van der Waals surface area contributed by atoms with Crippen LogP contribution in [0.5, 0.6) is 5.75 Å². The van der Waals surface area contributed by atoms with Crippen LogP contribution in [0.3, 0.4) is 0 Å². The third-order valence-electron chi connectivity index (χ3n) is 7.42. The molecule has 1 aromatic heterocycles. The molecule has 3 aliphatic rings. The standard InChI is InChI=1S/C24H24F3N3O6/c1-35-20-16-15(22(33)28-9-12-13(26)7-11(25)8-14(12)27)18(31)19(32)17-23(34)29-6-4-3-5-24(10-29,30(16)17)21(20)36-2/h7-8,20-21,32H,3-6,9-10H2,1-2H3,(H,28,33)/t20-,21+,24+/m1/s1. The molecule has 192 valence electrons. The average Bonchev–Trinajstić information content (AvgIpc) is 2.95. The fourth-order valence-corrected chi connectivity index (χ4v) is 5.92. The summed E-state index contributed by atoms with van der Waals surface area (Å²) in [7, 11) is 2.83. The zero-order valence-corrected chi connectivity index (χ0v) is 19.6. The maximum atomic E-state index is 14.1. The van der Waals surface area contributed by atoms with Gasteiger partial charge < -0.3 is 29.4 Å². The zero-order valence-electron chi connectivity index (χ0n) is 19.6. The Morgan fingerprint density at radius 2 is 1.86 bits per heavy atom. The Bertz CT molecular complexity index is 1320. The number of amides is 2. The number of halogens is 3. The van der Waals surface area contributed by atoms with Gasteiger partial charge in [-0.05, 0) is 19.3 Å². The van der Waals surface area contributed by atoms with Crippen LogP contribution in [0.15, 0.2) is 16.9 Å². The van der Waals surface area contributed by atoms with Gasteiger partial charge in [0.15, 0.2) is 11.4 Å². The van der Waals surface area contributed by atoms with Gasteiger partial charge in [0.05, 0.1) is 11.2 Å². The molecule has 2 bridgehead atoms. The highest BCUT2D eigenvalue weighted by Gasteiger charge is 2.60. The van der Waals surface area contributed by atoms with Gasteiger partial charge in [-0.25, -0.2) is 13.2 Å². The molecule has 12 heteroatoms. The summed E-state index contributed by atoms with van der Waals surface area (Å²) in [4.78, 5) is 41.4. The van der Waals surface area contributed by atoms with Crippen LogP contribution in [-0.4, -0.2) is 59.8 Å². The molecule has 2 N–H and O–H groups in total. The third kappa shape index (κ3) is 3.27. The maximum absolute atomic E-state index is 14.1. The Kier molecular flexibility index (Phi) is 5.83. The summed E-state index contributed by atoms with van der Waals surface area (Å²) in [6.07, 6.45) is 0.308. The number of nitrogens with zero attached hydrogens (tertiary/aromatic N) is 2. The Morgan fingerprint density at radius 1 is 1.17 bits per heavy atom. The molecular formula is C24H24F3N3O6. The molecule has 2 amide bonds. The second-order valence-electron chi connectivity index (χ2n) is 9.25. The van der Waals surface area contributed by atoms with Crippen LogP contribution in [-0.2, 0) is 21.6 Å². The molecular weight excluding hydrogens is 483 g/mol. The molecule has 3 atom stereocenters. The maximum Gasteiger partial charge on any atom is 0.274 e. The summed E-state index contributed by atoms with van der Waals surface area (Å²) in [5.41, 5.74) is -3.33. The lowest BCUT2D eigenvalue weighted by Gasteiger charge is -2.44. The molecule has 3 aliphatic heterocycles. The Labute approximate surface area is 203 Å². The van der Waals surface area contributed by atoms with Crippen molar-refractivity contribution in [3.63, 3.8) is 0 Å². The molecule has 0 aliphatic carbocycles. The third-order valence-corrected chi connectivity index (χ3v) is 7.42. The molecule has 1 spiro atoms. The van der Waals surface area contributed by atoms with Gasteiger partial charge in [0.1, 0.15) is 35.2 Å². The number of pyridine rings is 1. The Morgan fingerprint density at radius 3 is 2.50 bits per heavy atom. The first-order chi connectivity index (χ1) is 17.2. The van der Waals surface area contributed by atoms with E-state index in [4.69, 9.17) is 9.47 Å². The lowest BCUT2D eigenvalue weighted by molar-refractivity contribution is -0.0817. The lowest BCUT2D eigenvalue weighted by Crippen LogP contribution is -2.57. The lowest BCUT2D eigenvalue weighted by atomic mass is 9.85. The summed E-state index contributed by atoms with van der Waals surface area (Å²) in [5, 5.41) is 13.2. The quantitative estimate of drug-likeness (QED) is 0.641. The second-order valence-corrected chi connectivity index (χ2v) is 9.25. The number of carbonyl (C=O) groups is 2. The summed E-state index contributed by atoms with van der Waals surface area (Å²) < 4.78 is 54.5. The molecule has 5 rings (SSSR count). The molecule has 9 nitrogen and oxygen atoms in total. The van der Waals surface area contributed by atoms with Gasteiger partial charge in [-0.15, -0.1) is 0 Å². The molecule has 1 fully saturated rings. The number of fused-ring (bicyclic) bond motifs is 1. The van der Waals surface area contributed by atoms with E-state index < -0.39 is 75.9 Å². The van der Waals surface area contributed by atoms with E-state index in [0.29, 0.717) is 31.5 Å². The predicted octanol–water partition coefficient (Wildman–Crippen LogP) is 1.95. The normalized spacial score (nSPS) is 24.5. The van der Waals surface area contributed by atoms with Gasteiger partial charge in [-0.2, -0.15) is 0 Å². The highest BCUT2D eigenvalue weighted by atomic mass is 19.1. The number of aromatic hydroxyl groups is 1. The largest absolute Gasteiger partial charge is 0.503 e. The van der Waals surface area contributed by atoms with Gasteiger partial charge >= 0.3 is 0 Å². The van der Waals surface area contributed by atoms with Crippen LogP contribution in [0.25, 0.3) is 0 Å². The van der Waals surface area contributed by atoms with E-state index in [-0.39, 0.29) is 17.9 Å². The fourth-order valence-electron chi connectivity index (χ4n) is 5.92. The van der Waals surface area contributed by atoms with Crippen LogP contribution in [0, 0.1) is 17.5 Å². The highest BCUT2D eigenvalue weighted by Crippen LogP contribution is 2.51. The Hall–Kier alpha value is -3.38. The number of ether oxygens (including phenoxy) is 2. The summed E-state index contributed by atoms with van der Waals surface area (Å²) in [6.45, 7) is -0.0182. The first kappa shape index (κ1) is 24.3. The molecule has 4 heterocycles. The minimum atomic E-state index is -1.21. The van der Waals surface area contributed by atoms with Crippen LogP contribution in [0.1, 0.15) is 57.5 Å². The predicted molar refractivity (Wildman–Crippen MR) is 118 cm³/mol. The summed E-state index contributed by atoms with van der Waals surface area (Å²) in [6, 6.07) is 0.947. The Balaban J connectivity index is 1.67. The molecule has 0 radical (unpaired) electrons. The topological polar surface area (TPSA) is 110 Å². The van der Waals surface area contributed by atoms with E-state index in [1.807, 2.05) is 0 Å². The zero-order chi connectivity index (χ0) is 25.9. The van der Waals surface area contributed by atoms with Crippen molar-refractivity contribution in [2.75, 3.05) is 27.3 Å². The molecule has 0 unspecified atom stereocenters. The second kappa shape index (κ2) is 8.63. The van der Waals surface area contributed by atoms with Crippen molar-refractivity contribution in [1.82, 2.24) is 14.8 Å². The minimum absolute atomic E-state index is 0.0506. The van der Waals surface area contributed by atoms with E-state index in [1.165, 1.54) is 18.8 Å². The van der Waals surface area contributed by atoms with Gasteiger partial charge in [0.2, 0.25) is 5.43 Å². The number of aromatic nitrogens is 1. The van der Waals surface area contributed by atoms with Crippen molar-refractivity contribution in [1.29, 1.82) is 0 Å². The number of hydrogen-bond acceptors (Lipinski definition) is 6. The van der Waals surface area contributed by atoms with Crippen LogP contribution >= 0.6 is 0 Å². The van der Waals surface area contributed by atoms with Crippen molar-refractivity contribution in [3.05, 3.63) is 62.3 Å². The SMILES string of the molecule is CO[C@@H]1c2c(C(=O)NCc3c(F)cc(F)cc3F)c(=O)c(O)c3n2[C@]2(CCCCN(C2)C3=O)[C@H]1OC. The first-order valence-corrected chi connectivity index (χ1v) is 11.4. The molecule has 36 heavy (non-hydrogen) atoms. The molecule has 1 saturated heterocycles. The average molecular weight is 507 g/mol. The van der Waals surface area contributed by atoms with Crippen LogP contribution in [0.4, 0.5) is 13.2 Å². The number of hydrogen-bond donors (Lipinski definition) is 2. The first-order valence-electron chi connectivity index (χ1n) is 11.4. The van der Waals surface area contributed by atoms with Gasteiger partial charge in [0, 0.05) is 51.6 Å². The minimum Gasteiger partial charge on any atom is -0.503 e. The van der Waals surface area contributed by atoms with E-state index in [1.54, 1.807) is 4.90 Å². The van der Waals surface area contributed by atoms with Crippen molar-refractivity contribution < 1.29 is 37.3 Å². The number of nitrogens with one attached hydrogen (secondary N) is 1. The van der Waals surface area contributed by atoms with E-state index >= 15 is 0 Å². The fraction of sp³-hybridized carbons (Fsp3) is 0.458. The number of carbonyl (C=O) groups excluding carboxylic acids is 2. The number of benzene rings is 1. The van der Waals surface area contributed by atoms with Crippen LogP contribution < -0.4 is 10.7 Å². The van der Waals surface area contributed by atoms with Gasteiger partial charge in [-0.3, -0.25) is 14.4 Å². The summed E-state index contributed by atoms with van der Waals surface area (Å²) >= 11 is 0. The van der Waals surface area contributed by atoms with Crippen molar-refractivity contribution in [2.45, 2.75) is 43.6 Å². The number of rotatable bonds is 5. The van der Waals surface area contributed by atoms with Gasteiger partial charge in [0.25, 0.3) is 11.8 Å². The van der Waals surface area contributed by atoms with Crippen molar-refractivity contribution in [2.24, 2.45) is 0 Å². The van der Waals surface area contributed by atoms with Crippen molar-refractivity contribution in [3.8, 4) is 5.75 Å². The smallest absolute Gasteiger partial charge is 0.274 e. The molecule has 1 aromatic carbocycles. The summed E-state index contributed by atoms with van der Waals surface area (Å²) in [5.74, 6) is -6.01. The number of methoxy groups -OCH3 is 2. The van der Waals surface area contributed by atoms with Crippen LogP contribution in [0.2, 0.25) is 0 Å². The van der Waals surface area contributed by atoms with Gasteiger partial charge in [-0.1, -0.05) is 0 Å². The molecule has 2 aromatic rings. The van der Waals surface area contributed by atoms with E-state index in [9.17, 15) is 32.7 Å². The highest BCUT2D eigenvalue weighted by molar-refractivity contribution is 6.01. The van der Waals surface area contributed by atoms with E-state index in [2.05, 4.69) is 5.32 Å². The van der Waals surface area contributed by atoms with E-state index in [0.717, 1.165) is 6.42 Å². The monoisotopic (exact) mass is 507 g/mol. The van der Waals surface area contributed by atoms with Crippen molar-refractivity contribution >= 4 is 11.8 Å².